The molecule has 0 aliphatic carbocycles. The van der Waals surface area contributed by atoms with E-state index in [9.17, 15) is 0 Å². The summed E-state index contributed by atoms with van der Waals surface area (Å²) in [6, 6.07) is 0.732. The lowest BCUT2D eigenvalue weighted by atomic mass is 10.0. The molecule has 0 radical (unpaired) electrons. The monoisotopic (exact) mass is 240 g/mol. The second-order valence-electron chi connectivity index (χ2n) is 6.63. The van der Waals surface area contributed by atoms with Crippen LogP contribution in [0.5, 0.6) is 0 Å². The van der Waals surface area contributed by atoms with Crippen molar-refractivity contribution in [1.29, 1.82) is 0 Å². The van der Waals surface area contributed by atoms with E-state index in [0.29, 0.717) is 0 Å². The summed E-state index contributed by atoms with van der Waals surface area (Å²) in [6.07, 6.45) is 5.44. The number of likely N-dealkylation sites (tertiary alicyclic amines) is 1. The normalized spacial score (nSPS) is 24.2. The minimum Gasteiger partial charge on any atom is -0.311 e. The highest BCUT2D eigenvalue weighted by molar-refractivity contribution is 4.84. The third-order valence-electron chi connectivity index (χ3n) is 3.87. The average molecular weight is 240 g/mol. The van der Waals surface area contributed by atoms with Gasteiger partial charge in [-0.05, 0) is 52.5 Å². The van der Waals surface area contributed by atoms with Crippen LogP contribution in [0.4, 0.5) is 0 Å². The molecule has 0 aromatic carbocycles. The molecule has 0 spiro atoms. The maximum Gasteiger partial charge on any atom is 0.0218 e. The number of hydrogen-bond donors (Lipinski definition) is 1. The second kappa shape index (κ2) is 6.75. The quantitative estimate of drug-likeness (QED) is 0.766. The van der Waals surface area contributed by atoms with Gasteiger partial charge in [0.15, 0.2) is 0 Å². The molecule has 0 amide bonds. The fourth-order valence-corrected chi connectivity index (χ4v) is 2.79. The van der Waals surface area contributed by atoms with Crippen LogP contribution in [-0.2, 0) is 0 Å². The van der Waals surface area contributed by atoms with Gasteiger partial charge in [0.25, 0.3) is 0 Å². The Kier molecular flexibility index (Phi) is 5.94. The molecule has 0 bridgehead atoms. The van der Waals surface area contributed by atoms with E-state index in [4.69, 9.17) is 0 Å². The van der Waals surface area contributed by atoms with Crippen molar-refractivity contribution < 1.29 is 0 Å². The first kappa shape index (κ1) is 15.0. The highest BCUT2D eigenvalue weighted by atomic mass is 15.2. The van der Waals surface area contributed by atoms with Gasteiger partial charge in [-0.3, -0.25) is 4.90 Å². The summed E-state index contributed by atoms with van der Waals surface area (Å²) in [5, 5.41) is 3.65. The largest absolute Gasteiger partial charge is 0.311 e. The van der Waals surface area contributed by atoms with Crippen molar-refractivity contribution in [3.63, 3.8) is 0 Å². The molecule has 1 fully saturated rings. The Morgan fingerprint density at radius 1 is 1.29 bits per heavy atom. The van der Waals surface area contributed by atoms with E-state index in [2.05, 4.69) is 44.8 Å². The van der Waals surface area contributed by atoms with Crippen molar-refractivity contribution in [2.45, 2.75) is 71.9 Å². The Hall–Kier alpha value is -0.0800. The van der Waals surface area contributed by atoms with Gasteiger partial charge in [-0.15, -0.1) is 0 Å². The van der Waals surface area contributed by atoms with Gasteiger partial charge in [0.1, 0.15) is 0 Å². The second-order valence-corrected chi connectivity index (χ2v) is 6.63. The molecule has 1 N–H and O–H groups in total. The van der Waals surface area contributed by atoms with Crippen molar-refractivity contribution in [3.8, 4) is 0 Å². The average Bonchev–Trinajstić information content (AvgIpc) is 2.66. The van der Waals surface area contributed by atoms with Gasteiger partial charge in [-0.1, -0.05) is 20.3 Å². The minimum atomic E-state index is 0.246. The first-order chi connectivity index (χ1) is 7.96. The SMILES string of the molecule is CCCC1CCN(C(CC)CNC(C)(C)C)C1. The van der Waals surface area contributed by atoms with Gasteiger partial charge in [0, 0.05) is 24.7 Å². The number of nitrogens with zero attached hydrogens (tertiary/aromatic N) is 1. The lowest BCUT2D eigenvalue weighted by Crippen LogP contribution is -2.46. The highest BCUT2D eigenvalue weighted by Gasteiger charge is 2.27. The summed E-state index contributed by atoms with van der Waals surface area (Å²) >= 11 is 0. The van der Waals surface area contributed by atoms with Crippen LogP contribution in [0.1, 0.15) is 60.3 Å². The van der Waals surface area contributed by atoms with Gasteiger partial charge >= 0.3 is 0 Å². The predicted octanol–water partition coefficient (Wildman–Crippen LogP) is 3.28. The lowest BCUT2D eigenvalue weighted by Gasteiger charge is -2.31. The third kappa shape index (κ3) is 5.39. The van der Waals surface area contributed by atoms with E-state index in [1.165, 1.54) is 38.8 Å². The molecule has 102 valence electrons. The molecule has 2 unspecified atom stereocenters. The summed E-state index contributed by atoms with van der Waals surface area (Å²) in [6.45, 7) is 15.2. The van der Waals surface area contributed by atoms with Crippen LogP contribution in [0.25, 0.3) is 0 Å². The van der Waals surface area contributed by atoms with Crippen molar-refractivity contribution in [2.24, 2.45) is 5.92 Å². The minimum absolute atomic E-state index is 0.246. The van der Waals surface area contributed by atoms with Crippen molar-refractivity contribution in [3.05, 3.63) is 0 Å². The van der Waals surface area contributed by atoms with E-state index >= 15 is 0 Å². The Morgan fingerprint density at radius 2 is 2.00 bits per heavy atom. The van der Waals surface area contributed by atoms with Crippen LogP contribution in [0, 0.1) is 5.92 Å². The van der Waals surface area contributed by atoms with Gasteiger partial charge in [0.05, 0.1) is 0 Å². The molecular weight excluding hydrogens is 208 g/mol. The summed E-state index contributed by atoms with van der Waals surface area (Å²) in [5.74, 6) is 0.962. The standard InChI is InChI=1S/C15H32N2/c1-6-8-13-9-10-17(12-13)14(7-2)11-16-15(3,4)5/h13-14,16H,6-12H2,1-5H3. The summed E-state index contributed by atoms with van der Waals surface area (Å²) in [5.41, 5.74) is 0.246. The molecule has 2 nitrogen and oxygen atoms in total. The zero-order chi connectivity index (χ0) is 12.9. The van der Waals surface area contributed by atoms with Gasteiger partial charge in [-0.25, -0.2) is 0 Å². The van der Waals surface area contributed by atoms with Crippen molar-refractivity contribution in [1.82, 2.24) is 10.2 Å². The molecule has 0 aromatic rings. The van der Waals surface area contributed by atoms with E-state index in [0.717, 1.165) is 18.5 Å². The predicted molar refractivity (Wildman–Crippen MR) is 76.4 cm³/mol. The van der Waals surface area contributed by atoms with E-state index in [-0.39, 0.29) is 5.54 Å². The highest BCUT2D eigenvalue weighted by Crippen LogP contribution is 2.23. The van der Waals surface area contributed by atoms with Crippen molar-refractivity contribution >= 4 is 0 Å². The molecule has 1 aliphatic rings. The molecule has 1 aliphatic heterocycles. The maximum atomic E-state index is 3.65. The van der Waals surface area contributed by atoms with Crippen LogP contribution in [-0.4, -0.2) is 36.1 Å². The molecule has 1 saturated heterocycles. The first-order valence-corrected chi connectivity index (χ1v) is 7.45. The molecule has 17 heavy (non-hydrogen) atoms. The Morgan fingerprint density at radius 3 is 2.53 bits per heavy atom. The fourth-order valence-electron chi connectivity index (χ4n) is 2.79. The molecule has 2 heteroatoms. The van der Waals surface area contributed by atoms with Crippen LogP contribution >= 0.6 is 0 Å². The third-order valence-corrected chi connectivity index (χ3v) is 3.87. The molecule has 0 aromatic heterocycles. The molecule has 1 rings (SSSR count). The fraction of sp³-hybridized carbons (Fsp3) is 1.00. The molecular formula is C15H32N2. The van der Waals surface area contributed by atoms with Crippen LogP contribution in [0.2, 0.25) is 0 Å². The van der Waals surface area contributed by atoms with Gasteiger partial charge in [0.2, 0.25) is 0 Å². The summed E-state index contributed by atoms with van der Waals surface area (Å²) in [7, 11) is 0. The van der Waals surface area contributed by atoms with Crippen LogP contribution in [0.3, 0.4) is 0 Å². The van der Waals surface area contributed by atoms with E-state index in [1.807, 2.05) is 0 Å². The number of nitrogens with one attached hydrogen (secondary N) is 1. The summed E-state index contributed by atoms with van der Waals surface area (Å²) < 4.78 is 0. The van der Waals surface area contributed by atoms with Gasteiger partial charge < -0.3 is 5.32 Å². The number of hydrogen-bond acceptors (Lipinski definition) is 2. The Balaban J connectivity index is 2.36. The molecule has 2 atom stereocenters. The van der Waals surface area contributed by atoms with E-state index in [1.54, 1.807) is 0 Å². The van der Waals surface area contributed by atoms with Crippen LogP contribution in [0.15, 0.2) is 0 Å². The topological polar surface area (TPSA) is 15.3 Å². The first-order valence-electron chi connectivity index (χ1n) is 7.45. The Bertz CT molecular complexity index is 207. The Labute approximate surface area is 108 Å². The molecule has 0 saturated carbocycles. The number of rotatable bonds is 6. The van der Waals surface area contributed by atoms with Gasteiger partial charge in [-0.2, -0.15) is 0 Å². The van der Waals surface area contributed by atoms with Crippen LogP contribution < -0.4 is 5.32 Å². The smallest absolute Gasteiger partial charge is 0.0218 e. The zero-order valence-corrected chi connectivity index (χ0v) is 12.6. The summed E-state index contributed by atoms with van der Waals surface area (Å²) in [4.78, 5) is 2.71. The lowest BCUT2D eigenvalue weighted by molar-refractivity contribution is 0.207. The maximum absolute atomic E-state index is 3.65. The molecule has 1 heterocycles. The zero-order valence-electron chi connectivity index (χ0n) is 12.6. The van der Waals surface area contributed by atoms with E-state index < -0.39 is 0 Å². The van der Waals surface area contributed by atoms with Crippen molar-refractivity contribution in [2.75, 3.05) is 19.6 Å².